The van der Waals surface area contributed by atoms with Crippen molar-refractivity contribution in [3.63, 3.8) is 0 Å². The fraction of sp³-hybridized carbons (Fsp3) is 0.435. The van der Waals surface area contributed by atoms with E-state index in [1.807, 2.05) is 0 Å². The highest BCUT2D eigenvalue weighted by molar-refractivity contribution is 7.99. The van der Waals surface area contributed by atoms with E-state index in [2.05, 4.69) is 76.6 Å². The molecule has 0 radical (unpaired) electrons. The summed E-state index contributed by atoms with van der Waals surface area (Å²) in [4.78, 5) is 17.0. The van der Waals surface area contributed by atoms with Crippen LogP contribution in [-0.2, 0) is 17.1 Å². The molecule has 1 saturated heterocycles. The maximum atomic E-state index is 12.0. The second kappa shape index (κ2) is 11.2. The molecule has 0 spiro atoms. The second-order valence-corrected chi connectivity index (χ2v) is 8.42. The van der Waals surface area contributed by atoms with E-state index in [1.54, 1.807) is 11.8 Å². The van der Waals surface area contributed by atoms with Crippen LogP contribution in [0.1, 0.15) is 16.7 Å². The summed E-state index contributed by atoms with van der Waals surface area (Å²) >= 11 is 1.68. The third-order valence-electron chi connectivity index (χ3n) is 5.09. The average Bonchev–Trinajstić information content (AvgIpc) is 2.72. The number of carbonyl (C=O) groups is 1. The monoisotopic (exact) mass is 397 g/mol. The highest BCUT2D eigenvalue weighted by atomic mass is 32.2. The van der Waals surface area contributed by atoms with Crippen molar-refractivity contribution >= 4 is 17.7 Å². The fourth-order valence-corrected chi connectivity index (χ4v) is 4.18. The predicted octanol–water partition coefficient (Wildman–Crippen LogP) is 3.16. The number of piperazine rings is 1. The van der Waals surface area contributed by atoms with E-state index in [9.17, 15) is 4.79 Å². The van der Waals surface area contributed by atoms with Gasteiger partial charge in [0, 0.05) is 51.6 Å². The Morgan fingerprint density at radius 3 is 2.32 bits per heavy atom. The first-order chi connectivity index (χ1) is 13.7. The lowest BCUT2D eigenvalue weighted by Crippen LogP contribution is -2.48. The minimum atomic E-state index is 0.139. The van der Waals surface area contributed by atoms with Crippen molar-refractivity contribution in [2.75, 3.05) is 45.0 Å². The molecule has 2 aromatic rings. The molecule has 28 heavy (non-hydrogen) atoms. The van der Waals surface area contributed by atoms with Gasteiger partial charge in [-0.25, -0.2) is 0 Å². The minimum Gasteiger partial charge on any atom is -0.354 e. The summed E-state index contributed by atoms with van der Waals surface area (Å²) in [6.07, 6.45) is 0. The molecule has 0 saturated carbocycles. The number of thioether (sulfide) groups is 1. The Balaban J connectivity index is 1.24. The number of nitrogens with one attached hydrogen (secondary N) is 1. The molecule has 0 aliphatic carbocycles. The maximum absolute atomic E-state index is 12.0. The van der Waals surface area contributed by atoms with E-state index in [1.165, 1.54) is 16.7 Å². The van der Waals surface area contributed by atoms with Crippen LogP contribution in [-0.4, -0.2) is 60.7 Å². The van der Waals surface area contributed by atoms with E-state index in [0.717, 1.165) is 51.6 Å². The first-order valence-corrected chi connectivity index (χ1v) is 11.2. The van der Waals surface area contributed by atoms with Crippen molar-refractivity contribution in [1.29, 1.82) is 0 Å². The molecule has 1 N–H and O–H groups in total. The highest BCUT2D eigenvalue weighted by Crippen LogP contribution is 2.12. The molecular weight excluding hydrogens is 366 g/mol. The molecule has 150 valence electrons. The molecule has 1 heterocycles. The standard InChI is InChI=1S/C23H31N3OS/c1-20-7-9-22(10-8-20)18-28-19-23(27)24-11-12-25-13-15-26(16-14-25)17-21-5-3-2-4-6-21/h2-10H,11-19H2,1H3,(H,24,27). The van der Waals surface area contributed by atoms with Crippen molar-refractivity contribution in [3.8, 4) is 0 Å². The van der Waals surface area contributed by atoms with Crippen molar-refractivity contribution in [1.82, 2.24) is 15.1 Å². The lowest BCUT2D eigenvalue weighted by Gasteiger charge is -2.34. The largest absolute Gasteiger partial charge is 0.354 e. The van der Waals surface area contributed by atoms with Crippen LogP contribution in [0.15, 0.2) is 54.6 Å². The summed E-state index contributed by atoms with van der Waals surface area (Å²) < 4.78 is 0. The molecule has 1 fully saturated rings. The summed E-state index contributed by atoms with van der Waals surface area (Å²) in [5.41, 5.74) is 3.93. The van der Waals surface area contributed by atoms with Gasteiger partial charge in [-0.2, -0.15) is 0 Å². The molecule has 1 amide bonds. The van der Waals surface area contributed by atoms with Gasteiger partial charge in [0.25, 0.3) is 0 Å². The summed E-state index contributed by atoms with van der Waals surface area (Å²) in [6.45, 7) is 9.13. The molecule has 4 nitrogen and oxygen atoms in total. The number of aryl methyl sites for hydroxylation is 1. The second-order valence-electron chi connectivity index (χ2n) is 7.43. The number of rotatable bonds is 9. The number of carbonyl (C=O) groups excluding carboxylic acids is 1. The van der Waals surface area contributed by atoms with E-state index in [0.29, 0.717) is 5.75 Å². The third-order valence-corrected chi connectivity index (χ3v) is 6.09. The van der Waals surface area contributed by atoms with Gasteiger partial charge in [0.2, 0.25) is 5.91 Å². The normalized spacial score (nSPS) is 15.5. The van der Waals surface area contributed by atoms with Gasteiger partial charge >= 0.3 is 0 Å². The van der Waals surface area contributed by atoms with E-state index >= 15 is 0 Å². The summed E-state index contributed by atoms with van der Waals surface area (Å²) in [6, 6.07) is 19.2. The Morgan fingerprint density at radius 2 is 1.61 bits per heavy atom. The quantitative estimate of drug-likeness (QED) is 0.705. The smallest absolute Gasteiger partial charge is 0.230 e. The Labute approximate surface area is 173 Å². The van der Waals surface area contributed by atoms with Gasteiger partial charge in [-0.05, 0) is 18.1 Å². The molecular formula is C23H31N3OS. The molecule has 0 atom stereocenters. The van der Waals surface area contributed by atoms with Crippen LogP contribution in [0, 0.1) is 6.92 Å². The third kappa shape index (κ3) is 7.30. The SMILES string of the molecule is Cc1ccc(CSCC(=O)NCCN2CCN(Cc3ccccc3)CC2)cc1. The van der Waals surface area contributed by atoms with Crippen molar-refractivity contribution in [3.05, 3.63) is 71.3 Å². The average molecular weight is 398 g/mol. The van der Waals surface area contributed by atoms with Gasteiger partial charge in [-0.15, -0.1) is 11.8 Å². The first-order valence-electron chi connectivity index (χ1n) is 10.1. The molecule has 1 aliphatic heterocycles. The Bertz CT molecular complexity index is 712. The van der Waals surface area contributed by atoms with Gasteiger partial charge in [-0.1, -0.05) is 60.2 Å². The van der Waals surface area contributed by atoms with E-state index in [4.69, 9.17) is 0 Å². The molecule has 2 aromatic carbocycles. The zero-order chi connectivity index (χ0) is 19.6. The molecule has 5 heteroatoms. The van der Waals surface area contributed by atoms with Gasteiger partial charge in [0.15, 0.2) is 0 Å². The zero-order valence-electron chi connectivity index (χ0n) is 16.8. The maximum Gasteiger partial charge on any atom is 0.230 e. The molecule has 1 aliphatic rings. The number of nitrogens with zero attached hydrogens (tertiary/aromatic N) is 2. The lowest BCUT2D eigenvalue weighted by molar-refractivity contribution is -0.118. The van der Waals surface area contributed by atoms with Crippen LogP contribution in [0.25, 0.3) is 0 Å². The van der Waals surface area contributed by atoms with E-state index < -0.39 is 0 Å². The first kappa shape index (κ1) is 20.9. The number of benzene rings is 2. The lowest BCUT2D eigenvalue weighted by atomic mass is 10.2. The Morgan fingerprint density at radius 1 is 0.929 bits per heavy atom. The summed E-state index contributed by atoms with van der Waals surface area (Å²) in [7, 11) is 0. The number of hydrogen-bond acceptors (Lipinski definition) is 4. The Hall–Kier alpha value is -1.82. The fourth-order valence-electron chi connectivity index (χ4n) is 3.36. The molecule has 0 unspecified atom stereocenters. The van der Waals surface area contributed by atoms with Gasteiger partial charge in [0.05, 0.1) is 5.75 Å². The zero-order valence-corrected chi connectivity index (χ0v) is 17.6. The number of amides is 1. The van der Waals surface area contributed by atoms with Crippen molar-refractivity contribution < 1.29 is 4.79 Å². The summed E-state index contributed by atoms with van der Waals surface area (Å²) in [5.74, 6) is 1.55. The van der Waals surface area contributed by atoms with Crippen LogP contribution in [0.3, 0.4) is 0 Å². The van der Waals surface area contributed by atoms with Crippen LogP contribution in [0.2, 0.25) is 0 Å². The predicted molar refractivity (Wildman–Crippen MR) is 119 cm³/mol. The van der Waals surface area contributed by atoms with Crippen LogP contribution in [0.5, 0.6) is 0 Å². The van der Waals surface area contributed by atoms with Gasteiger partial charge in [-0.3, -0.25) is 14.6 Å². The van der Waals surface area contributed by atoms with Crippen molar-refractivity contribution in [2.24, 2.45) is 0 Å². The van der Waals surface area contributed by atoms with Crippen molar-refractivity contribution in [2.45, 2.75) is 19.2 Å². The topological polar surface area (TPSA) is 35.6 Å². The Kier molecular flexibility index (Phi) is 8.40. The highest BCUT2D eigenvalue weighted by Gasteiger charge is 2.16. The summed E-state index contributed by atoms with van der Waals surface area (Å²) in [5, 5.41) is 3.06. The molecule has 3 rings (SSSR count). The van der Waals surface area contributed by atoms with Gasteiger partial charge in [0.1, 0.15) is 0 Å². The van der Waals surface area contributed by atoms with Crippen LogP contribution >= 0.6 is 11.8 Å². The van der Waals surface area contributed by atoms with Crippen LogP contribution < -0.4 is 5.32 Å². The number of hydrogen-bond donors (Lipinski definition) is 1. The molecule has 0 bridgehead atoms. The minimum absolute atomic E-state index is 0.139. The van der Waals surface area contributed by atoms with Gasteiger partial charge < -0.3 is 5.32 Å². The van der Waals surface area contributed by atoms with Crippen LogP contribution in [0.4, 0.5) is 0 Å². The van der Waals surface area contributed by atoms with E-state index in [-0.39, 0.29) is 5.91 Å². The molecule has 0 aromatic heterocycles.